The average molecular weight is 324 g/mol. The summed E-state index contributed by atoms with van der Waals surface area (Å²) in [6, 6.07) is 11.9. The van der Waals surface area contributed by atoms with Gasteiger partial charge < -0.3 is 14.7 Å². The highest BCUT2D eigenvalue weighted by Crippen LogP contribution is 2.21. The summed E-state index contributed by atoms with van der Waals surface area (Å²) in [5.74, 6) is 1.10. The molecule has 24 heavy (non-hydrogen) atoms. The molecule has 1 fully saturated rings. The molecule has 0 aliphatic carbocycles. The zero-order valence-corrected chi connectivity index (χ0v) is 14.6. The Morgan fingerprint density at radius 2 is 1.83 bits per heavy atom. The molecule has 0 radical (unpaired) electrons. The van der Waals surface area contributed by atoms with Crippen molar-refractivity contribution in [1.29, 1.82) is 0 Å². The molecule has 2 heterocycles. The minimum Gasteiger partial charge on any atom is -0.377 e. The van der Waals surface area contributed by atoms with Crippen LogP contribution in [0, 0.1) is 6.92 Å². The maximum absolute atomic E-state index is 12.8. The van der Waals surface area contributed by atoms with Crippen molar-refractivity contribution in [2.45, 2.75) is 6.92 Å². The number of carbonyl (C=O) groups excluding carboxylic acids is 1. The minimum absolute atomic E-state index is 0.115. The van der Waals surface area contributed by atoms with Crippen LogP contribution < -0.4 is 9.80 Å². The second-order valence-corrected chi connectivity index (χ2v) is 6.36. The van der Waals surface area contributed by atoms with E-state index in [1.807, 2.05) is 68.5 Å². The average Bonchev–Trinajstić information content (AvgIpc) is 2.61. The number of nitrogens with zero attached hydrogens (tertiary/aromatic N) is 4. The summed E-state index contributed by atoms with van der Waals surface area (Å²) < 4.78 is 0. The summed E-state index contributed by atoms with van der Waals surface area (Å²) in [6.45, 7) is 5.13. The Kier molecular flexibility index (Phi) is 4.69. The van der Waals surface area contributed by atoms with Crippen molar-refractivity contribution in [1.82, 2.24) is 9.88 Å². The van der Waals surface area contributed by atoms with Crippen molar-refractivity contribution in [3.8, 4) is 0 Å². The van der Waals surface area contributed by atoms with Gasteiger partial charge in [0.15, 0.2) is 0 Å². The van der Waals surface area contributed by atoms with Gasteiger partial charge in [0.25, 0.3) is 5.91 Å². The second-order valence-electron chi connectivity index (χ2n) is 6.36. The van der Waals surface area contributed by atoms with Crippen LogP contribution in [0.25, 0.3) is 0 Å². The Balaban J connectivity index is 1.66. The van der Waals surface area contributed by atoms with E-state index >= 15 is 0 Å². The maximum Gasteiger partial charge on any atom is 0.253 e. The lowest BCUT2D eigenvalue weighted by atomic mass is 10.1. The van der Waals surface area contributed by atoms with E-state index in [0.29, 0.717) is 0 Å². The van der Waals surface area contributed by atoms with Crippen LogP contribution in [0.5, 0.6) is 0 Å². The second kappa shape index (κ2) is 6.91. The number of pyridine rings is 1. The number of anilines is 2. The fourth-order valence-electron chi connectivity index (χ4n) is 3.15. The molecule has 0 saturated carbocycles. The van der Waals surface area contributed by atoms with Crippen molar-refractivity contribution in [2.75, 3.05) is 50.1 Å². The van der Waals surface area contributed by atoms with Crippen molar-refractivity contribution >= 4 is 17.4 Å². The number of benzene rings is 1. The highest BCUT2D eigenvalue weighted by molar-refractivity contribution is 5.95. The van der Waals surface area contributed by atoms with E-state index in [9.17, 15) is 4.79 Å². The Bertz CT molecular complexity index is 707. The number of aromatic nitrogens is 1. The fourth-order valence-corrected chi connectivity index (χ4v) is 3.15. The van der Waals surface area contributed by atoms with Gasteiger partial charge in [0.1, 0.15) is 5.82 Å². The number of amides is 1. The predicted octanol–water partition coefficient (Wildman–Crippen LogP) is 2.42. The number of hydrogen-bond acceptors (Lipinski definition) is 4. The quantitative estimate of drug-likeness (QED) is 0.869. The topological polar surface area (TPSA) is 39.7 Å². The summed E-state index contributed by atoms with van der Waals surface area (Å²) in [4.78, 5) is 23.4. The van der Waals surface area contributed by atoms with E-state index in [2.05, 4.69) is 14.8 Å². The van der Waals surface area contributed by atoms with Crippen LogP contribution in [-0.4, -0.2) is 56.1 Å². The Morgan fingerprint density at radius 1 is 1.08 bits per heavy atom. The summed E-state index contributed by atoms with van der Waals surface area (Å²) in [5, 5.41) is 0. The Morgan fingerprint density at radius 3 is 2.42 bits per heavy atom. The molecule has 1 aromatic carbocycles. The van der Waals surface area contributed by atoms with E-state index in [4.69, 9.17) is 0 Å². The van der Waals surface area contributed by atoms with Crippen LogP contribution in [0.2, 0.25) is 0 Å². The number of hydrogen-bond donors (Lipinski definition) is 0. The zero-order valence-electron chi connectivity index (χ0n) is 14.6. The normalized spacial score (nSPS) is 14.6. The molecular weight excluding hydrogens is 300 g/mol. The molecule has 0 unspecified atom stereocenters. The lowest BCUT2D eigenvalue weighted by Gasteiger charge is -2.35. The first-order valence-corrected chi connectivity index (χ1v) is 8.29. The first kappa shape index (κ1) is 16.3. The van der Waals surface area contributed by atoms with Crippen molar-refractivity contribution in [2.24, 2.45) is 0 Å². The predicted molar refractivity (Wildman–Crippen MR) is 97.9 cm³/mol. The van der Waals surface area contributed by atoms with Crippen LogP contribution in [0.3, 0.4) is 0 Å². The van der Waals surface area contributed by atoms with E-state index in [1.54, 1.807) is 0 Å². The number of piperazine rings is 1. The maximum atomic E-state index is 12.8. The van der Waals surface area contributed by atoms with Gasteiger partial charge in [0.2, 0.25) is 0 Å². The minimum atomic E-state index is 0.115. The fraction of sp³-hybridized carbons (Fsp3) is 0.368. The SMILES string of the molecule is Cc1cc(C(=O)N2CCN(c3ccccn3)CC2)ccc1N(C)C. The summed E-state index contributed by atoms with van der Waals surface area (Å²) in [5.41, 5.74) is 3.04. The largest absolute Gasteiger partial charge is 0.377 e. The lowest BCUT2D eigenvalue weighted by molar-refractivity contribution is 0.0746. The molecule has 1 amide bonds. The molecule has 0 spiro atoms. The summed E-state index contributed by atoms with van der Waals surface area (Å²) in [7, 11) is 4.03. The number of carbonyl (C=O) groups is 1. The third-order valence-electron chi connectivity index (χ3n) is 4.47. The molecule has 5 nitrogen and oxygen atoms in total. The van der Waals surface area contributed by atoms with Gasteiger partial charge in [-0.2, -0.15) is 0 Å². The van der Waals surface area contributed by atoms with Crippen LogP contribution in [0.15, 0.2) is 42.6 Å². The molecule has 1 aliphatic heterocycles. The van der Waals surface area contributed by atoms with E-state index in [1.165, 1.54) is 0 Å². The van der Waals surface area contributed by atoms with Gasteiger partial charge in [0.05, 0.1) is 0 Å². The van der Waals surface area contributed by atoms with Gasteiger partial charge in [-0.3, -0.25) is 4.79 Å². The number of rotatable bonds is 3. The molecule has 2 aromatic rings. The van der Waals surface area contributed by atoms with Crippen LogP contribution in [0.1, 0.15) is 15.9 Å². The Hall–Kier alpha value is -2.56. The third kappa shape index (κ3) is 3.35. The first-order valence-electron chi connectivity index (χ1n) is 8.29. The molecule has 1 saturated heterocycles. The summed E-state index contributed by atoms with van der Waals surface area (Å²) >= 11 is 0. The van der Waals surface area contributed by atoms with Crippen LogP contribution in [-0.2, 0) is 0 Å². The molecule has 126 valence electrons. The van der Waals surface area contributed by atoms with Gasteiger partial charge in [-0.25, -0.2) is 4.98 Å². The van der Waals surface area contributed by atoms with Crippen LogP contribution in [0.4, 0.5) is 11.5 Å². The van der Waals surface area contributed by atoms with E-state index < -0.39 is 0 Å². The van der Waals surface area contributed by atoms with Gasteiger partial charge in [-0.15, -0.1) is 0 Å². The smallest absolute Gasteiger partial charge is 0.253 e. The summed E-state index contributed by atoms with van der Waals surface area (Å²) in [6.07, 6.45) is 1.81. The molecular formula is C19H24N4O. The highest BCUT2D eigenvalue weighted by atomic mass is 16.2. The monoisotopic (exact) mass is 324 g/mol. The van der Waals surface area contributed by atoms with Crippen LogP contribution >= 0.6 is 0 Å². The van der Waals surface area contributed by atoms with Crippen molar-refractivity contribution in [3.63, 3.8) is 0 Å². The van der Waals surface area contributed by atoms with Crippen molar-refractivity contribution < 1.29 is 4.79 Å². The molecule has 0 N–H and O–H groups in total. The van der Waals surface area contributed by atoms with Gasteiger partial charge >= 0.3 is 0 Å². The van der Waals surface area contributed by atoms with Gasteiger partial charge in [-0.1, -0.05) is 6.07 Å². The molecule has 1 aliphatic rings. The first-order chi connectivity index (χ1) is 11.6. The highest BCUT2D eigenvalue weighted by Gasteiger charge is 2.23. The standard InChI is InChI=1S/C19H24N4O/c1-15-14-16(7-8-17(15)21(2)3)19(24)23-12-10-22(11-13-23)18-6-4-5-9-20-18/h4-9,14H,10-13H2,1-3H3. The molecule has 0 atom stereocenters. The van der Waals surface area contributed by atoms with E-state index in [0.717, 1.165) is 48.8 Å². The zero-order chi connectivity index (χ0) is 17.1. The van der Waals surface area contributed by atoms with Gasteiger partial charge in [-0.05, 0) is 42.8 Å². The van der Waals surface area contributed by atoms with E-state index in [-0.39, 0.29) is 5.91 Å². The Labute approximate surface area is 143 Å². The molecule has 1 aromatic heterocycles. The van der Waals surface area contributed by atoms with Crippen molar-refractivity contribution in [3.05, 3.63) is 53.7 Å². The lowest BCUT2D eigenvalue weighted by Crippen LogP contribution is -2.49. The number of aryl methyl sites for hydroxylation is 1. The van der Waals surface area contributed by atoms with Gasteiger partial charge in [0, 0.05) is 57.7 Å². The molecule has 0 bridgehead atoms. The third-order valence-corrected chi connectivity index (χ3v) is 4.47. The molecule has 5 heteroatoms. The molecule has 3 rings (SSSR count).